The summed E-state index contributed by atoms with van der Waals surface area (Å²) >= 11 is 0. The van der Waals surface area contributed by atoms with Crippen LogP contribution < -0.4 is 10.5 Å². The standard InChI is InChI=1S/C19H22N8O/c1-24-16(6-20-7-19(24)28)12-25-8-14-10-26(11-15(14)9-25)17-5-18(22-13-21-17)27-4-2-3-23-27/h2-7,13-15H,8-12H2,1H3. The lowest BCUT2D eigenvalue weighted by molar-refractivity contribution is 0.300. The highest BCUT2D eigenvalue weighted by atomic mass is 16.1. The fraction of sp³-hybridized carbons (Fsp3) is 0.421. The van der Waals surface area contributed by atoms with Gasteiger partial charge in [-0.3, -0.25) is 14.7 Å². The summed E-state index contributed by atoms with van der Waals surface area (Å²) in [5.74, 6) is 2.95. The molecule has 2 atom stereocenters. The van der Waals surface area contributed by atoms with Crippen molar-refractivity contribution in [3.05, 3.63) is 59.3 Å². The molecular formula is C19H22N8O. The van der Waals surface area contributed by atoms with Gasteiger partial charge in [0, 0.05) is 64.4 Å². The van der Waals surface area contributed by atoms with Crippen molar-refractivity contribution in [3.63, 3.8) is 0 Å². The van der Waals surface area contributed by atoms with Gasteiger partial charge in [-0.15, -0.1) is 0 Å². The van der Waals surface area contributed by atoms with Crippen molar-refractivity contribution in [1.82, 2.24) is 34.2 Å². The van der Waals surface area contributed by atoms with Crippen molar-refractivity contribution < 1.29 is 0 Å². The summed E-state index contributed by atoms with van der Waals surface area (Å²) in [5.41, 5.74) is 0.906. The summed E-state index contributed by atoms with van der Waals surface area (Å²) in [6, 6.07) is 3.88. The van der Waals surface area contributed by atoms with E-state index in [0.717, 1.165) is 50.1 Å². The highest BCUT2D eigenvalue weighted by Gasteiger charge is 2.40. The van der Waals surface area contributed by atoms with Gasteiger partial charge in [0.25, 0.3) is 5.56 Å². The van der Waals surface area contributed by atoms with Crippen LogP contribution >= 0.6 is 0 Å². The molecule has 2 unspecified atom stereocenters. The molecule has 0 saturated carbocycles. The van der Waals surface area contributed by atoms with Crippen LogP contribution in [0.2, 0.25) is 0 Å². The normalized spacial score (nSPS) is 22.0. The smallest absolute Gasteiger partial charge is 0.268 e. The van der Waals surface area contributed by atoms with Crippen molar-refractivity contribution in [1.29, 1.82) is 0 Å². The Labute approximate surface area is 162 Å². The van der Waals surface area contributed by atoms with Gasteiger partial charge in [-0.1, -0.05) is 0 Å². The molecule has 0 aliphatic carbocycles. The lowest BCUT2D eigenvalue weighted by Crippen LogP contribution is -2.31. The number of hydrogen-bond acceptors (Lipinski definition) is 7. The van der Waals surface area contributed by atoms with E-state index in [-0.39, 0.29) is 5.56 Å². The number of anilines is 1. The van der Waals surface area contributed by atoms with Crippen LogP contribution in [0.4, 0.5) is 5.82 Å². The molecule has 2 aliphatic heterocycles. The first kappa shape index (κ1) is 17.1. The molecule has 9 nitrogen and oxygen atoms in total. The first-order valence-electron chi connectivity index (χ1n) is 9.46. The fourth-order valence-electron chi connectivity index (χ4n) is 4.32. The summed E-state index contributed by atoms with van der Waals surface area (Å²) in [7, 11) is 1.81. The molecule has 144 valence electrons. The summed E-state index contributed by atoms with van der Waals surface area (Å²) in [4.78, 5) is 29.4. The Balaban J connectivity index is 1.26. The maximum Gasteiger partial charge on any atom is 0.268 e. The van der Waals surface area contributed by atoms with E-state index < -0.39 is 0 Å². The molecule has 2 fully saturated rings. The van der Waals surface area contributed by atoms with Crippen molar-refractivity contribution in [3.8, 4) is 5.82 Å². The molecule has 9 heteroatoms. The minimum atomic E-state index is -0.0557. The zero-order valence-corrected chi connectivity index (χ0v) is 15.7. The molecule has 2 saturated heterocycles. The molecule has 5 rings (SSSR count). The molecule has 2 aliphatic rings. The Kier molecular flexibility index (Phi) is 4.16. The average Bonchev–Trinajstić information content (AvgIpc) is 3.42. The largest absolute Gasteiger partial charge is 0.356 e. The van der Waals surface area contributed by atoms with Crippen molar-refractivity contribution in [2.75, 3.05) is 31.1 Å². The third kappa shape index (κ3) is 3.07. The molecule has 28 heavy (non-hydrogen) atoms. The molecule has 3 aromatic heterocycles. The van der Waals surface area contributed by atoms with Crippen LogP contribution in [0.15, 0.2) is 48.0 Å². The second-order valence-corrected chi connectivity index (χ2v) is 7.60. The van der Waals surface area contributed by atoms with Crippen LogP contribution in [-0.4, -0.2) is 60.4 Å². The first-order valence-corrected chi connectivity index (χ1v) is 9.46. The number of nitrogens with zero attached hydrogens (tertiary/aromatic N) is 8. The number of rotatable bonds is 4. The lowest BCUT2D eigenvalue weighted by Gasteiger charge is -2.22. The average molecular weight is 378 g/mol. The minimum absolute atomic E-state index is 0.0557. The van der Waals surface area contributed by atoms with Crippen molar-refractivity contribution >= 4 is 5.82 Å². The SMILES string of the molecule is Cn1c(CN2CC3CN(c4cc(-n5cccn5)ncn4)CC3C2)cncc1=O. The number of fused-ring (bicyclic) bond motifs is 1. The van der Waals surface area contributed by atoms with E-state index in [2.05, 4.69) is 29.9 Å². The van der Waals surface area contributed by atoms with Crippen LogP contribution in [0, 0.1) is 11.8 Å². The van der Waals surface area contributed by atoms with Gasteiger partial charge in [0.15, 0.2) is 5.82 Å². The van der Waals surface area contributed by atoms with Crippen molar-refractivity contribution in [2.45, 2.75) is 6.54 Å². The zero-order chi connectivity index (χ0) is 19.1. The van der Waals surface area contributed by atoms with Gasteiger partial charge < -0.3 is 9.47 Å². The van der Waals surface area contributed by atoms with Gasteiger partial charge in [-0.05, 0) is 17.9 Å². The van der Waals surface area contributed by atoms with E-state index in [9.17, 15) is 4.79 Å². The van der Waals surface area contributed by atoms with E-state index in [1.165, 1.54) is 6.20 Å². The Morgan fingerprint density at radius 2 is 1.86 bits per heavy atom. The van der Waals surface area contributed by atoms with E-state index in [4.69, 9.17) is 0 Å². The Morgan fingerprint density at radius 3 is 2.61 bits per heavy atom. The molecule has 0 spiro atoms. The van der Waals surface area contributed by atoms with E-state index in [1.54, 1.807) is 28.0 Å². The van der Waals surface area contributed by atoms with Crippen LogP contribution in [0.25, 0.3) is 5.82 Å². The Morgan fingerprint density at radius 1 is 1.07 bits per heavy atom. The van der Waals surface area contributed by atoms with E-state index in [1.807, 2.05) is 25.4 Å². The van der Waals surface area contributed by atoms with Crippen molar-refractivity contribution in [2.24, 2.45) is 18.9 Å². The Hall–Kier alpha value is -3.07. The predicted molar refractivity (Wildman–Crippen MR) is 103 cm³/mol. The van der Waals surface area contributed by atoms with Gasteiger partial charge in [0.1, 0.15) is 12.1 Å². The second kappa shape index (κ2) is 6.83. The van der Waals surface area contributed by atoms with Crippen LogP contribution in [-0.2, 0) is 13.6 Å². The van der Waals surface area contributed by atoms with Gasteiger partial charge in [-0.2, -0.15) is 5.10 Å². The topological polar surface area (TPSA) is 85.0 Å². The zero-order valence-electron chi connectivity index (χ0n) is 15.7. The molecule has 0 amide bonds. The van der Waals surface area contributed by atoms with Gasteiger partial charge in [0.2, 0.25) is 0 Å². The second-order valence-electron chi connectivity index (χ2n) is 7.60. The van der Waals surface area contributed by atoms with Gasteiger partial charge >= 0.3 is 0 Å². The number of hydrogen-bond donors (Lipinski definition) is 0. The molecule has 5 heterocycles. The highest BCUT2D eigenvalue weighted by molar-refractivity contribution is 5.44. The monoisotopic (exact) mass is 378 g/mol. The fourth-order valence-corrected chi connectivity index (χ4v) is 4.32. The summed E-state index contributed by atoms with van der Waals surface area (Å²) in [6.45, 7) is 4.80. The Bertz CT molecular complexity index is 1020. The maximum atomic E-state index is 11.8. The molecule has 3 aromatic rings. The molecule has 0 bridgehead atoms. The molecule has 0 aromatic carbocycles. The quantitative estimate of drug-likeness (QED) is 0.646. The molecule has 0 radical (unpaired) electrons. The lowest BCUT2D eigenvalue weighted by atomic mass is 10.0. The molecular weight excluding hydrogens is 356 g/mol. The van der Waals surface area contributed by atoms with E-state index in [0.29, 0.717) is 11.8 Å². The number of aromatic nitrogens is 6. The third-order valence-electron chi connectivity index (χ3n) is 5.82. The summed E-state index contributed by atoms with van der Waals surface area (Å²) in [6.07, 6.45) is 8.39. The van der Waals surface area contributed by atoms with Gasteiger partial charge in [0.05, 0.1) is 11.9 Å². The molecule has 0 N–H and O–H groups in total. The maximum absolute atomic E-state index is 11.8. The van der Waals surface area contributed by atoms with E-state index >= 15 is 0 Å². The third-order valence-corrected chi connectivity index (χ3v) is 5.82. The van der Waals surface area contributed by atoms with Crippen LogP contribution in [0.3, 0.4) is 0 Å². The highest BCUT2D eigenvalue weighted by Crippen LogP contribution is 2.34. The summed E-state index contributed by atoms with van der Waals surface area (Å²) < 4.78 is 3.44. The van der Waals surface area contributed by atoms with Gasteiger partial charge in [-0.25, -0.2) is 14.6 Å². The predicted octanol–water partition coefficient (Wildman–Crippen LogP) is 0.324. The number of likely N-dealkylation sites (tertiary alicyclic amines) is 1. The first-order chi connectivity index (χ1) is 13.7. The summed E-state index contributed by atoms with van der Waals surface area (Å²) in [5, 5.41) is 4.25. The van der Waals surface area contributed by atoms with Crippen LogP contribution in [0.1, 0.15) is 5.69 Å². The minimum Gasteiger partial charge on any atom is -0.356 e. The van der Waals surface area contributed by atoms with Crippen LogP contribution in [0.5, 0.6) is 0 Å².